The first-order chi connectivity index (χ1) is 5.83. The molecule has 0 spiro atoms. The van der Waals surface area contributed by atoms with Crippen LogP contribution in [0.2, 0.25) is 0 Å². The lowest BCUT2D eigenvalue weighted by atomic mass is 10.2. The van der Waals surface area contributed by atoms with Gasteiger partial charge in [0.05, 0.1) is 0 Å². The lowest BCUT2D eigenvalue weighted by Gasteiger charge is -1.89. The third kappa shape index (κ3) is 2.70. The fraction of sp³-hybridized carbons (Fsp3) is 0.182. The average Bonchev–Trinajstić information content (AvgIpc) is 2.16. The molecule has 0 amide bonds. The molecule has 1 rings (SSSR count). The number of rotatable bonds is 3. The minimum atomic E-state index is 0.166. The van der Waals surface area contributed by atoms with E-state index in [1.165, 1.54) is 0 Å². The van der Waals surface area contributed by atoms with Crippen molar-refractivity contribution in [3.8, 4) is 0 Å². The predicted octanol–water partition coefficient (Wildman–Crippen LogP) is 2.68. The first-order valence-corrected chi connectivity index (χ1v) is 4.09. The fourth-order valence-electron chi connectivity index (χ4n) is 0.871. The summed E-state index contributed by atoms with van der Waals surface area (Å²) in [6, 6.07) is 9.81. The molecule has 0 aliphatic carbocycles. The quantitative estimate of drug-likeness (QED) is 0.621. The zero-order chi connectivity index (χ0) is 8.81. The lowest BCUT2D eigenvalue weighted by Crippen LogP contribution is -1.86. The summed E-state index contributed by atoms with van der Waals surface area (Å²) in [5.41, 5.74) is 1.07. The second kappa shape index (κ2) is 4.50. The standard InChI is InChI=1S/C11H12O/c1-2-11(12)9-8-10-6-4-3-5-7-10/h3-9H,2H2,1H3/b9-8+. The molecule has 0 bridgehead atoms. The Balaban J connectivity index is 2.64. The van der Waals surface area contributed by atoms with E-state index in [1.807, 2.05) is 43.3 Å². The summed E-state index contributed by atoms with van der Waals surface area (Å²) < 4.78 is 0. The third-order valence-corrected chi connectivity index (χ3v) is 1.61. The van der Waals surface area contributed by atoms with Crippen molar-refractivity contribution in [2.75, 3.05) is 0 Å². The summed E-state index contributed by atoms with van der Waals surface area (Å²) in [4.78, 5) is 10.9. The number of allylic oxidation sites excluding steroid dienone is 1. The molecule has 1 heteroatoms. The summed E-state index contributed by atoms with van der Waals surface area (Å²) in [5, 5.41) is 0. The SMILES string of the molecule is CCC(=O)/C=C/c1ccccc1. The largest absolute Gasteiger partial charge is 0.295 e. The van der Waals surface area contributed by atoms with Gasteiger partial charge in [0.15, 0.2) is 5.78 Å². The topological polar surface area (TPSA) is 17.1 Å². The highest BCUT2D eigenvalue weighted by molar-refractivity contribution is 5.93. The predicted molar refractivity (Wildman–Crippen MR) is 50.8 cm³/mol. The van der Waals surface area contributed by atoms with Crippen molar-refractivity contribution in [3.05, 3.63) is 42.0 Å². The van der Waals surface area contributed by atoms with Crippen LogP contribution in [-0.2, 0) is 4.79 Å². The Morgan fingerprint density at radius 2 is 2.00 bits per heavy atom. The molecule has 0 N–H and O–H groups in total. The van der Waals surface area contributed by atoms with Gasteiger partial charge in [-0.2, -0.15) is 0 Å². The number of benzene rings is 1. The number of hydrogen-bond acceptors (Lipinski definition) is 1. The molecule has 0 atom stereocenters. The van der Waals surface area contributed by atoms with Gasteiger partial charge < -0.3 is 0 Å². The summed E-state index contributed by atoms with van der Waals surface area (Å²) in [7, 11) is 0. The van der Waals surface area contributed by atoms with Crippen LogP contribution >= 0.6 is 0 Å². The smallest absolute Gasteiger partial charge is 0.155 e. The van der Waals surface area contributed by atoms with Gasteiger partial charge in [-0.25, -0.2) is 0 Å². The third-order valence-electron chi connectivity index (χ3n) is 1.61. The molecule has 1 aromatic carbocycles. The summed E-state index contributed by atoms with van der Waals surface area (Å²) in [5.74, 6) is 0.166. The van der Waals surface area contributed by atoms with Crippen molar-refractivity contribution in [1.82, 2.24) is 0 Å². The van der Waals surface area contributed by atoms with Gasteiger partial charge in [0, 0.05) is 6.42 Å². The molecular weight excluding hydrogens is 148 g/mol. The fourth-order valence-corrected chi connectivity index (χ4v) is 0.871. The van der Waals surface area contributed by atoms with Crippen LogP contribution in [-0.4, -0.2) is 5.78 Å². The van der Waals surface area contributed by atoms with Crippen LogP contribution < -0.4 is 0 Å². The maximum absolute atomic E-state index is 10.9. The molecule has 0 unspecified atom stereocenters. The van der Waals surface area contributed by atoms with Crippen molar-refractivity contribution in [1.29, 1.82) is 0 Å². The highest BCUT2D eigenvalue weighted by atomic mass is 16.1. The Labute approximate surface area is 72.7 Å². The van der Waals surface area contributed by atoms with Gasteiger partial charge in [-0.05, 0) is 11.6 Å². The van der Waals surface area contributed by atoms with Crippen LogP contribution in [0.15, 0.2) is 36.4 Å². The molecule has 0 aliphatic heterocycles. The minimum Gasteiger partial charge on any atom is -0.295 e. The van der Waals surface area contributed by atoms with E-state index in [9.17, 15) is 4.79 Å². The molecule has 0 heterocycles. The van der Waals surface area contributed by atoms with Crippen LogP contribution in [0.5, 0.6) is 0 Å². The zero-order valence-electron chi connectivity index (χ0n) is 7.16. The molecule has 1 nitrogen and oxygen atoms in total. The van der Waals surface area contributed by atoms with E-state index in [2.05, 4.69) is 0 Å². The van der Waals surface area contributed by atoms with Crippen LogP contribution in [0.4, 0.5) is 0 Å². The first-order valence-electron chi connectivity index (χ1n) is 4.09. The Morgan fingerprint density at radius 3 is 2.58 bits per heavy atom. The molecule has 12 heavy (non-hydrogen) atoms. The first kappa shape index (κ1) is 8.72. The summed E-state index contributed by atoms with van der Waals surface area (Å²) in [6.07, 6.45) is 4.03. The van der Waals surface area contributed by atoms with E-state index in [-0.39, 0.29) is 5.78 Å². The van der Waals surface area contributed by atoms with Crippen molar-refractivity contribution < 1.29 is 4.79 Å². The highest BCUT2D eigenvalue weighted by Gasteiger charge is 1.88. The van der Waals surface area contributed by atoms with Crippen LogP contribution in [0.25, 0.3) is 6.08 Å². The summed E-state index contributed by atoms with van der Waals surface area (Å²) >= 11 is 0. The van der Waals surface area contributed by atoms with E-state index in [0.29, 0.717) is 6.42 Å². The number of carbonyl (C=O) groups excluding carboxylic acids is 1. The number of hydrogen-bond donors (Lipinski definition) is 0. The Morgan fingerprint density at radius 1 is 1.33 bits per heavy atom. The number of ketones is 1. The van der Waals surface area contributed by atoms with Crippen molar-refractivity contribution in [2.24, 2.45) is 0 Å². The normalized spacial score (nSPS) is 10.4. The maximum atomic E-state index is 10.9. The van der Waals surface area contributed by atoms with Gasteiger partial charge in [0.2, 0.25) is 0 Å². The van der Waals surface area contributed by atoms with E-state index in [0.717, 1.165) is 5.56 Å². The van der Waals surface area contributed by atoms with Gasteiger partial charge in [-0.3, -0.25) is 4.79 Å². The van der Waals surface area contributed by atoms with Crippen molar-refractivity contribution in [2.45, 2.75) is 13.3 Å². The van der Waals surface area contributed by atoms with Gasteiger partial charge >= 0.3 is 0 Å². The monoisotopic (exact) mass is 160 g/mol. The lowest BCUT2D eigenvalue weighted by molar-refractivity contribution is -0.114. The minimum absolute atomic E-state index is 0.166. The number of carbonyl (C=O) groups is 1. The Bertz CT molecular complexity index is 272. The maximum Gasteiger partial charge on any atom is 0.155 e. The van der Waals surface area contributed by atoms with Crippen LogP contribution in [0, 0.1) is 0 Å². The van der Waals surface area contributed by atoms with Gasteiger partial charge in [-0.1, -0.05) is 43.3 Å². The second-order valence-electron chi connectivity index (χ2n) is 2.56. The molecule has 0 fully saturated rings. The van der Waals surface area contributed by atoms with Crippen molar-refractivity contribution >= 4 is 11.9 Å². The van der Waals surface area contributed by atoms with Crippen molar-refractivity contribution in [3.63, 3.8) is 0 Å². The molecule has 0 saturated carbocycles. The van der Waals surface area contributed by atoms with Crippen LogP contribution in [0.1, 0.15) is 18.9 Å². The molecule has 1 aromatic rings. The molecule has 0 radical (unpaired) electrons. The van der Waals surface area contributed by atoms with Crippen LogP contribution in [0.3, 0.4) is 0 Å². The summed E-state index contributed by atoms with van der Waals surface area (Å²) in [6.45, 7) is 1.86. The average molecular weight is 160 g/mol. The molecule has 62 valence electrons. The van der Waals surface area contributed by atoms with Gasteiger partial charge in [0.25, 0.3) is 0 Å². The van der Waals surface area contributed by atoms with E-state index < -0.39 is 0 Å². The molecule has 0 aromatic heterocycles. The highest BCUT2D eigenvalue weighted by Crippen LogP contribution is 2.01. The van der Waals surface area contributed by atoms with E-state index in [1.54, 1.807) is 6.08 Å². The Hall–Kier alpha value is -1.37. The molecule has 0 aliphatic rings. The van der Waals surface area contributed by atoms with E-state index in [4.69, 9.17) is 0 Å². The second-order valence-corrected chi connectivity index (χ2v) is 2.56. The van der Waals surface area contributed by atoms with Gasteiger partial charge in [-0.15, -0.1) is 0 Å². The molecular formula is C11H12O. The Kier molecular flexibility index (Phi) is 3.27. The zero-order valence-corrected chi connectivity index (χ0v) is 7.16. The van der Waals surface area contributed by atoms with Gasteiger partial charge in [0.1, 0.15) is 0 Å². The molecule has 0 saturated heterocycles. The van der Waals surface area contributed by atoms with E-state index >= 15 is 0 Å².